The third kappa shape index (κ3) is 4.94. The van der Waals surface area contributed by atoms with Gasteiger partial charge in [-0.1, -0.05) is 12.1 Å². The second kappa shape index (κ2) is 10.3. The van der Waals surface area contributed by atoms with Crippen molar-refractivity contribution in [3.8, 4) is 11.5 Å². The Hall–Kier alpha value is -3.32. The first-order chi connectivity index (χ1) is 15.4. The fourth-order valence-corrected chi connectivity index (χ4v) is 3.74. The van der Waals surface area contributed by atoms with Crippen molar-refractivity contribution in [1.82, 2.24) is 4.90 Å². The Morgan fingerprint density at radius 3 is 2.19 bits per heavy atom. The SMILES string of the molecule is COCCCN1C(=O)C(=O)/C(=C(\O)c2ccc(OC(C)C)cc2)C1c1ccc(OC)cc1. The summed E-state index contributed by atoms with van der Waals surface area (Å²) in [5.74, 6) is -0.241. The summed E-state index contributed by atoms with van der Waals surface area (Å²) in [6, 6.07) is 13.2. The number of aliphatic hydroxyl groups excluding tert-OH is 1. The van der Waals surface area contributed by atoms with E-state index in [1.54, 1.807) is 62.8 Å². The fourth-order valence-electron chi connectivity index (χ4n) is 3.74. The number of amides is 1. The van der Waals surface area contributed by atoms with Crippen LogP contribution in [0, 0.1) is 0 Å². The maximum absolute atomic E-state index is 13.0. The normalized spacial score (nSPS) is 17.8. The summed E-state index contributed by atoms with van der Waals surface area (Å²) in [5, 5.41) is 11.1. The Kier molecular flexibility index (Phi) is 7.53. The van der Waals surface area contributed by atoms with Gasteiger partial charge in [0.15, 0.2) is 0 Å². The van der Waals surface area contributed by atoms with E-state index < -0.39 is 17.7 Å². The van der Waals surface area contributed by atoms with Crippen LogP contribution in [0.1, 0.15) is 37.4 Å². The lowest BCUT2D eigenvalue weighted by Gasteiger charge is -2.25. The van der Waals surface area contributed by atoms with Gasteiger partial charge in [-0.2, -0.15) is 0 Å². The van der Waals surface area contributed by atoms with E-state index in [9.17, 15) is 14.7 Å². The van der Waals surface area contributed by atoms with Crippen LogP contribution in [-0.4, -0.2) is 55.2 Å². The summed E-state index contributed by atoms with van der Waals surface area (Å²) in [6.45, 7) is 4.63. The van der Waals surface area contributed by atoms with Gasteiger partial charge in [0, 0.05) is 25.8 Å². The smallest absolute Gasteiger partial charge is 0.295 e. The molecule has 0 aliphatic carbocycles. The van der Waals surface area contributed by atoms with Crippen molar-refractivity contribution in [2.75, 3.05) is 27.4 Å². The quantitative estimate of drug-likeness (QED) is 0.276. The minimum absolute atomic E-state index is 0.0157. The summed E-state index contributed by atoms with van der Waals surface area (Å²) in [4.78, 5) is 27.4. The lowest BCUT2D eigenvalue weighted by atomic mass is 9.95. The Bertz CT molecular complexity index is 978. The molecule has 1 saturated heterocycles. The first-order valence-corrected chi connectivity index (χ1v) is 10.6. The van der Waals surface area contributed by atoms with Crippen molar-refractivity contribution < 1.29 is 28.9 Å². The predicted octanol–water partition coefficient (Wildman–Crippen LogP) is 3.94. The molecule has 0 aromatic heterocycles. The second-order valence-electron chi connectivity index (χ2n) is 7.80. The number of rotatable bonds is 9. The zero-order chi connectivity index (χ0) is 23.3. The molecule has 1 unspecified atom stereocenters. The second-order valence-corrected chi connectivity index (χ2v) is 7.80. The molecule has 7 nitrogen and oxygen atoms in total. The Morgan fingerprint density at radius 2 is 1.62 bits per heavy atom. The van der Waals surface area contributed by atoms with Crippen LogP contribution in [0.4, 0.5) is 0 Å². The van der Waals surface area contributed by atoms with Gasteiger partial charge in [-0.3, -0.25) is 9.59 Å². The zero-order valence-corrected chi connectivity index (χ0v) is 18.8. The number of Topliss-reactive ketones (excluding diaryl/α,β-unsaturated/α-hetero) is 1. The van der Waals surface area contributed by atoms with Gasteiger partial charge in [-0.15, -0.1) is 0 Å². The highest BCUT2D eigenvalue weighted by atomic mass is 16.5. The molecule has 170 valence electrons. The van der Waals surface area contributed by atoms with E-state index in [-0.39, 0.29) is 17.4 Å². The number of carbonyl (C=O) groups is 2. The largest absolute Gasteiger partial charge is 0.507 e. The number of carbonyl (C=O) groups excluding carboxylic acids is 2. The monoisotopic (exact) mass is 439 g/mol. The molecular weight excluding hydrogens is 410 g/mol. The van der Waals surface area contributed by atoms with Crippen LogP contribution in [0.5, 0.6) is 11.5 Å². The Balaban J connectivity index is 2.04. The van der Waals surface area contributed by atoms with Gasteiger partial charge in [0.05, 0.1) is 24.8 Å². The molecule has 1 fully saturated rings. The number of nitrogens with zero attached hydrogens (tertiary/aromatic N) is 1. The molecule has 1 aliphatic heterocycles. The third-order valence-corrected chi connectivity index (χ3v) is 5.22. The number of ketones is 1. The molecule has 1 aliphatic rings. The standard InChI is InChI=1S/C25H29NO6/c1-16(2)32-20-12-8-18(9-13-20)23(27)21-22(17-6-10-19(31-4)11-7-17)26(14-5-15-30-3)25(29)24(21)28/h6-13,16,22,27H,5,14-15H2,1-4H3/b23-21-. The first kappa shape index (κ1) is 23.3. The number of benzene rings is 2. The average molecular weight is 440 g/mol. The van der Waals surface area contributed by atoms with Crippen molar-refractivity contribution >= 4 is 17.4 Å². The van der Waals surface area contributed by atoms with Gasteiger partial charge in [0.1, 0.15) is 17.3 Å². The van der Waals surface area contributed by atoms with Crippen LogP contribution in [0.25, 0.3) is 5.76 Å². The lowest BCUT2D eigenvalue weighted by molar-refractivity contribution is -0.140. The number of hydrogen-bond acceptors (Lipinski definition) is 6. The van der Waals surface area contributed by atoms with Gasteiger partial charge >= 0.3 is 0 Å². The predicted molar refractivity (Wildman–Crippen MR) is 121 cm³/mol. The highest BCUT2D eigenvalue weighted by Gasteiger charge is 2.45. The van der Waals surface area contributed by atoms with Crippen LogP contribution in [0.3, 0.4) is 0 Å². The molecule has 0 bridgehead atoms. The summed E-state index contributed by atoms with van der Waals surface area (Å²) in [7, 11) is 3.15. The topological polar surface area (TPSA) is 85.3 Å². The molecule has 1 amide bonds. The van der Waals surface area contributed by atoms with E-state index >= 15 is 0 Å². The number of methoxy groups -OCH3 is 2. The van der Waals surface area contributed by atoms with E-state index in [4.69, 9.17) is 14.2 Å². The summed E-state index contributed by atoms with van der Waals surface area (Å²) >= 11 is 0. The van der Waals surface area contributed by atoms with Crippen molar-refractivity contribution in [3.05, 3.63) is 65.2 Å². The number of hydrogen-bond donors (Lipinski definition) is 1. The van der Waals surface area contributed by atoms with Crippen LogP contribution < -0.4 is 9.47 Å². The van der Waals surface area contributed by atoms with Crippen molar-refractivity contribution in [2.45, 2.75) is 32.4 Å². The van der Waals surface area contributed by atoms with E-state index in [1.807, 2.05) is 13.8 Å². The fraction of sp³-hybridized carbons (Fsp3) is 0.360. The Labute approximate surface area is 188 Å². The number of ether oxygens (including phenoxy) is 3. The van der Waals surface area contributed by atoms with Crippen molar-refractivity contribution in [2.24, 2.45) is 0 Å². The molecule has 2 aromatic rings. The molecule has 0 radical (unpaired) electrons. The van der Waals surface area contributed by atoms with Gasteiger partial charge in [-0.05, 0) is 62.2 Å². The molecule has 2 aromatic carbocycles. The van der Waals surface area contributed by atoms with E-state index in [1.165, 1.54) is 4.90 Å². The summed E-state index contributed by atoms with van der Waals surface area (Å²) < 4.78 is 16.0. The molecule has 0 saturated carbocycles. The highest BCUT2D eigenvalue weighted by molar-refractivity contribution is 6.46. The van der Waals surface area contributed by atoms with E-state index in [0.29, 0.717) is 42.2 Å². The van der Waals surface area contributed by atoms with Crippen LogP contribution in [-0.2, 0) is 14.3 Å². The minimum atomic E-state index is -0.705. The maximum Gasteiger partial charge on any atom is 0.295 e. The Morgan fingerprint density at radius 1 is 1.00 bits per heavy atom. The summed E-state index contributed by atoms with van der Waals surface area (Å²) in [6.07, 6.45) is 0.583. The molecule has 1 heterocycles. The first-order valence-electron chi connectivity index (χ1n) is 10.6. The summed E-state index contributed by atoms with van der Waals surface area (Å²) in [5.41, 5.74) is 1.22. The molecule has 3 rings (SSSR count). The number of likely N-dealkylation sites (tertiary alicyclic amines) is 1. The third-order valence-electron chi connectivity index (χ3n) is 5.22. The van der Waals surface area contributed by atoms with Crippen LogP contribution >= 0.6 is 0 Å². The number of aliphatic hydroxyl groups is 1. The van der Waals surface area contributed by atoms with Gasteiger partial charge in [0.2, 0.25) is 0 Å². The van der Waals surface area contributed by atoms with E-state index in [0.717, 1.165) is 0 Å². The highest BCUT2D eigenvalue weighted by Crippen LogP contribution is 2.40. The van der Waals surface area contributed by atoms with Crippen molar-refractivity contribution in [3.63, 3.8) is 0 Å². The van der Waals surface area contributed by atoms with Crippen LogP contribution in [0.2, 0.25) is 0 Å². The maximum atomic E-state index is 13.0. The molecule has 1 atom stereocenters. The molecular formula is C25H29NO6. The molecule has 32 heavy (non-hydrogen) atoms. The van der Waals surface area contributed by atoms with Gasteiger partial charge in [0.25, 0.3) is 11.7 Å². The zero-order valence-electron chi connectivity index (χ0n) is 18.8. The minimum Gasteiger partial charge on any atom is -0.507 e. The van der Waals surface area contributed by atoms with Gasteiger partial charge in [-0.25, -0.2) is 0 Å². The molecule has 1 N–H and O–H groups in total. The van der Waals surface area contributed by atoms with E-state index in [2.05, 4.69) is 0 Å². The van der Waals surface area contributed by atoms with Crippen molar-refractivity contribution in [1.29, 1.82) is 0 Å². The molecule has 0 spiro atoms. The average Bonchev–Trinajstić information content (AvgIpc) is 3.04. The van der Waals surface area contributed by atoms with Crippen LogP contribution in [0.15, 0.2) is 54.1 Å². The lowest BCUT2D eigenvalue weighted by Crippen LogP contribution is -2.31. The molecule has 7 heteroatoms. The van der Waals surface area contributed by atoms with Gasteiger partial charge < -0.3 is 24.2 Å².